The van der Waals surface area contributed by atoms with Gasteiger partial charge >= 0.3 is 0 Å². The van der Waals surface area contributed by atoms with Crippen LogP contribution in [-0.2, 0) is 0 Å². The van der Waals surface area contributed by atoms with Crippen molar-refractivity contribution in [2.24, 2.45) is 0 Å². The van der Waals surface area contributed by atoms with Gasteiger partial charge in [0.1, 0.15) is 19.2 Å². The molecule has 0 bridgehead atoms. The van der Waals surface area contributed by atoms with E-state index in [1.165, 1.54) is 77.0 Å². The lowest BCUT2D eigenvalue weighted by Crippen LogP contribution is -3.00. The highest BCUT2D eigenvalue weighted by Crippen LogP contribution is 2.14. The minimum atomic E-state index is -0.223. The lowest BCUT2D eigenvalue weighted by atomic mass is 10.0. The highest BCUT2D eigenvalue weighted by atomic mass is 79.9. The van der Waals surface area contributed by atoms with E-state index in [1.807, 2.05) is 0 Å². The normalized spacial score (nSPS) is 12.8. The van der Waals surface area contributed by atoms with Crippen LogP contribution in [0.5, 0.6) is 0 Å². The Kier molecular flexibility index (Phi) is 21.1. The van der Waals surface area contributed by atoms with Crippen molar-refractivity contribution in [2.45, 2.75) is 103 Å². The molecule has 0 heterocycles. The van der Waals surface area contributed by atoms with Gasteiger partial charge in [-0.05, 0) is 6.42 Å². The summed E-state index contributed by atoms with van der Waals surface area (Å²) < 4.78 is 0.704. The van der Waals surface area contributed by atoms with Crippen molar-refractivity contribution in [1.82, 2.24) is 0 Å². The van der Waals surface area contributed by atoms with Crippen LogP contribution in [0.25, 0.3) is 0 Å². The Morgan fingerprint density at radius 3 is 1.52 bits per heavy atom. The van der Waals surface area contributed by atoms with Crippen LogP contribution in [-0.4, -0.2) is 54.6 Å². The van der Waals surface area contributed by atoms with Crippen LogP contribution in [0.15, 0.2) is 0 Å². The van der Waals surface area contributed by atoms with Gasteiger partial charge in [-0.2, -0.15) is 0 Å². The highest BCUT2D eigenvalue weighted by Gasteiger charge is 2.19. The molecule has 0 aliphatic rings. The average molecular weight is 425 g/mol. The van der Waals surface area contributed by atoms with Gasteiger partial charge < -0.3 is 31.7 Å². The van der Waals surface area contributed by atoms with Gasteiger partial charge in [0.15, 0.2) is 0 Å². The number of nitrogens with zero attached hydrogens (tertiary/aromatic N) is 1. The van der Waals surface area contributed by atoms with Crippen LogP contribution in [0.4, 0.5) is 0 Å². The predicted molar refractivity (Wildman–Crippen MR) is 105 cm³/mol. The second kappa shape index (κ2) is 19.1. The second-order valence-electron chi connectivity index (χ2n) is 8.25. The van der Waals surface area contributed by atoms with E-state index in [0.29, 0.717) is 4.48 Å². The minimum absolute atomic E-state index is 0. The number of hydrogen-bond acceptors (Lipinski definition) is 2. The third kappa shape index (κ3) is 20.5. The van der Waals surface area contributed by atoms with Crippen LogP contribution in [0.2, 0.25) is 0 Å². The van der Waals surface area contributed by atoms with E-state index in [-0.39, 0.29) is 29.7 Å². The number of rotatable bonds is 18. The molecule has 0 aliphatic carbocycles. The zero-order valence-electron chi connectivity index (χ0n) is 17.3. The molecule has 0 rings (SSSR count). The van der Waals surface area contributed by atoms with Crippen LogP contribution >= 0.6 is 0 Å². The first-order chi connectivity index (χ1) is 11.5. The molecular weight excluding hydrogens is 378 g/mol. The number of hydrogen-bond donors (Lipinski definition) is 2. The van der Waals surface area contributed by atoms with E-state index in [0.717, 1.165) is 25.9 Å². The molecule has 0 saturated heterocycles. The monoisotopic (exact) mass is 423 g/mol. The molecule has 0 amide bonds. The molecule has 0 aliphatic heterocycles. The molecule has 0 radical (unpaired) electrons. The smallest absolute Gasteiger partial charge is 0.105 e. The topological polar surface area (TPSA) is 40.5 Å². The molecule has 0 aromatic heterocycles. The van der Waals surface area contributed by atoms with Crippen molar-refractivity contribution in [2.75, 3.05) is 33.8 Å². The summed E-state index contributed by atoms with van der Waals surface area (Å²) >= 11 is 0. The lowest BCUT2D eigenvalue weighted by Gasteiger charge is -2.31. The number of likely N-dealkylation sites (N-methyl/N-ethyl adjacent to an activating group) is 1. The van der Waals surface area contributed by atoms with Gasteiger partial charge in [-0.3, -0.25) is 0 Å². The summed E-state index contributed by atoms with van der Waals surface area (Å²) in [4.78, 5) is 0. The van der Waals surface area contributed by atoms with Gasteiger partial charge in [0.25, 0.3) is 0 Å². The Balaban J connectivity index is 0. The maximum absolute atomic E-state index is 10.1. The standard InChI is InChI=1S/C21H46NO2.BrH/c1-4-5-6-7-8-9-10-11-12-13-14-15-16-17-21(24)20-22(2,3)18-19-23;/h21,23-24H,4-20H2,1-3H3;1H/q+1;/p-1. The van der Waals surface area contributed by atoms with Gasteiger partial charge in [-0.15, -0.1) is 0 Å². The first-order valence-corrected chi connectivity index (χ1v) is 10.6. The molecule has 3 nitrogen and oxygen atoms in total. The largest absolute Gasteiger partial charge is 1.00 e. The fourth-order valence-corrected chi connectivity index (χ4v) is 3.42. The van der Waals surface area contributed by atoms with E-state index < -0.39 is 0 Å². The minimum Gasteiger partial charge on any atom is -1.00 e. The van der Waals surface area contributed by atoms with E-state index in [1.54, 1.807) is 0 Å². The molecule has 0 fully saturated rings. The zero-order chi connectivity index (χ0) is 18.1. The Hall–Kier alpha value is 0.360. The average Bonchev–Trinajstić information content (AvgIpc) is 2.51. The predicted octanol–water partition coefficient (Wildman–Crippen LogP) is 1.90. The number of unbranched alkanes of at least 4 members (excludes halogenated alkanes) is 12. The molecule has 154 valence electrons. The van der Waals surface area contributed by atoms with Gasteiger partial charge in [0.2, 0.25) is 0 Å². The van der Waals surface area contributed by atoms with Crippen molar-refractivity contribution in [3.05, 3.63) is 0 Å². The first kappa shape index (κ1) is 27.6. The van der Waals surface area contributed by atoms with Crippen LogP contribution in [0.1, 0.15) is 96.8 Å². The van der Waals surface area contributed by atoms with Crippen molar-refractivity contribution < 1.29 is 31.7 Å². The third-order valence-corrected chi connectivity index (χ3v) is 5.05. The molecule has 0 aromatic rings. The summed E-state index contributed by atoms with van der Waals surface area (Å²) in [6.45, 7) is 3.94. The second-order valence-corrected chi connectivity index (χ2v) is 8.25. The molecule has 0 aromatic carbocycles. The van der Waals surface area contributed by atoms with Gasteiger partial charge in [-0.1, -0.05) is 90.4 Å². The molecule has 0 saturated carbocycles. The molecule has 4 heteroatoms. The Labute approximate surface area is 168 Å². The van der Waals surface area contributed by atoms with E-state index in [9.17, 15) is 5.11 Å². The van der Waals surface area contributed by atoms with E-state index in [2.05, 4.69) is 21.0 Å². The van der Waals surface area contributed by atoms with Crippen molar-refractivity contribution in [1.29, 1.82) is 0 Å². The van der Waals surface area contributed by atoms with Gasteiger partial charge in [0.05, 0.1) is 20.7 Å². The Morgan fingerprint density at radius 2 is 1.12 bits per heavy atom. The van der Waals surface area contributed by atoms with Crippen molar-refractivity contribution in [3.8, 4) is 0 Å². The van der Waals surface area contributed by atoms with Gasteiger partial charge in [0, 0.05) is 0 Å². The molecular formula is C21H46BrNO2. The Bertz CT molecular complexity index is 262. The maximum atomic E-state index is 10.1. The van der Waals surface area contributed by atoms with E-state index >= 15 is 0 Å². The number of quaternary nitrogens is 1. The molecule has 0 spiro atoms. The lowest BCUT2D eigenvalue weighted by molar-refractivity contribution is -0.893. The number of aliphatic hydroxyl groups is 2. The summed E-state index contributed by atoms with van der Waals surface area (Å²) in [6.07, 6.45) is 18.4. The third-order valence-electron chi connectivity index (χ3n) is 5.05. The summed E-state index contributed by atoms with van der Waals surface area (Å²) in [5.74, 6) is 0. The molecule has 2 N–H and O–H groups in total. The SMILES string of the molecule is CCCCCCCCCCCCCCCC(O)C[N+](C)(C)CCO.[Br-]. The number of aliphatic hydroxyl groups excluding tert-OH is 2. The quantitative estimate of drug-likeness (QED) is 0.261. The zero-order valence-corrected chi connectivity index (χ0v) is 18.9. The first-order valence-electron chi connectivity index (χ1n) is 10.6. The molecule has 1 atom stereocenters. The van der Waals surface area contributed by atoms with E-state index in [4.69, 9.17) is 5.11 Å². The Morgan fingerprint density at radius 1 is 0.720 bits per heavy atom. The fourth-order valence-electron chi connectivity index (χ4n) is 3.42. The number of halogens is 1. The highest BCUT2D eigenvalue weighted by molar-refractivity contribution is 4.56. The summed E-state index contributed by atoms with van der Waals surface area (Å²) in [6, 6.07) is 0. The van der Waals surface area contributed by atoms with Crippen LogP contribution in [0, 0.1) is 0 Å². The molecule has 25 heavy (non-hydrogen) atoms. The summed E-state index contributed by atoms with van der Waals surface area (Å²) in [5.41, 5.74) is 0. The fraction of sp³-hybridized carbons (Fsp3) is 1.00. The summed E-state index contributed by atoms with van der Waals surface area (Å²) in [7, 11) is 4.15. The maximum Gasteiger partial charge on any atom is 0.105 e. The van der Waals surface area contributed by atoms with Crippen molar-refractivity contribution in [3.63, 3.8) is 0 Å². The van der Waals surface area contributed by atoms with Crippen molar-refractivity contribution >= 4 is 0 Å². The van der Waals surface area contributed by atoms with Crippen LogP contribution in [0.3, 0.4) is 0 Å². The molecule has 1 unspecified atom stereocenters. The summed E-state index contributed by atoms with van der Waals surface area (Å²) in [5, 5.41) is 19.1. The van der Waals surface area contributed by atoms with Crippen LogP contribution < -0.4 is 17.0 Å². The van der Waals surface area contributed by atoms with Gasteiger partial charge in [-0.25, -0.2) is 0 Å².